The molecule has 0 spiro atoms. The van der Waals surface area contributed by atoms with Crippen LogP contribution in [0.1, 0.15) is 5.56 Å². The van der Waals surface area contributed by atoms with Crippen molar-refractivity contribution in [2.75, 3.05) is 5.73 Å². The lowest BCUT2D eigenvalue weighted by Gasteiger charge is -2.06. The molecule has 1 heterocycles. The number of anilines is 1. The Kier molecular flexibility index (Phi) is 3.71. The van der Waals surface area contributed by atoms with Gasteiger partial charge in [0.15, 0.2) is 0 Å². The Morgan fingerprint density at radius 1 is 1.05 bits per heavy atom. The quantitative estimate of drug-likeness (QED) is 0.666. The summed E-state index contributed by atoms with van der Waals surface area (Å²) in [6, 6.07) is 16.6. The molecule has 2 N–H and O–H groups in total. The summed E-state index contributed by atoms with van der Waals surface area (Å²) in [4.78, 5) is 0. The minimum atomic E-state index is 0.688. The van der Waals surface area contributed by atoms with Crippen LogP contribution in [0.3, 0.4) is 0 Å². The van der Waals surface area contributed by atoms with E-state index in [2.05, 4.69) is 71.0 Å². The van der Waals surface area contributed by atoms with Crippen LogP contribution < -0.4 is 5.73 Å². The maximum atomic E-state index is 6.26. The number of nitrogens with two attached hydrogens (primary N) is 1. The number of hydrogen-bond acceptors (Lipinski definition) is 2. The van der Waals surface area contributed by atoms with Crippen LogP contribution in [0.2, 0.25) is 0 Å². The summed E-state index contributed by atoms with van der Waals surface area (Å²) in [5.74, 6) is 0.688. The van der Waals surface area contributed by atoms with E-state index in [4.69, 9.17) is 5.73 Å². The number of benzene rings is 2. The Morgan fingerprint density at radius 3 is 2.38 bits per heavy atom. The number of nitrogens with zero attached hydrogens (tertiary/aromatic N) is 2. The molecule has 0 saturated carbocycles. The lowest BCUT2D eigenvalue weighted by atomic mass is 10.00. The van der Waals surface area contributed by atoms with E-state index >= 15 is 0 Å². The third-order valence-electron chi connectivity index (χ3n) is 3.56. The molecule has 0 atom stereocenters. The molecule has 3 rings (SSSR count). The standard InChI is InChI=1S/C17H16IN3/c1-11-7-9-12(10-8-11)15-16(20-21(2)17(15)19)13-5-3-4-6-14(13)18/h3-10H,19H2,1-2H3. The van der Waals surface area contributed by atoms with Gasteiger partial charge in [-0.1, -0.05) is 48.0 Å². The maximum Gasteiger partial charge on any atom is 0.129 e. The number of aryl methyl sites for hydroxylation is 2. The first-order valence-corrected chi connectivity index (χ1v) is 7.80. The van der Waals surface area contributed by atoms with Crippen LogP contribution in [0.4, 0.5) is 5.82 Å². The molecule has 0 fully saturated rings. The van der Waals surface area contributed by atoms with E-state index in [-0.39, 0.29) is 0 Å². The highest BCUT2D eigenvalue weighted by Gasteiger charge is 2.18. The fraction of sp³-hybridized carbons (Fsp3) is 0.118. The number of aromatic nitrogens is 2. The van der Waals surface area contributed by atoms with Crippen molar-refractivity contribution in [1.82, 2.24) is 9.78 Å². The average molecular weight is 389 g/mol. The zero-order valence-electron chi connectivity index (χ0n) is 12.0. The monoisotopic (exact) mass is 389 g/mol. The van der Waals surface area contributed by atoms with Crippen molar-refractivity contribution < 1.29 is 0 Å². The highest BCUT2D eigenvalue weighted by molar-refractivity contribution is 14.1. The molecule has 0 bridgehead atoms. The van der Waals surface area contributed by atoms with Crippen molar-refractivity contribution in [3.63, 3.8) is 0 Å². The Balaban J connectivity index is 2.26. The number of halogens is 1. The molecule has 0 aliphatic heterocycles. The van der Waals surface area contributed by atoms with Crippen LogP contribution in [0.15, 0.2) is 48.5 Å². The second-order valence-corrected chi connectivity index (χ2v) is 6.24. The van der Waals surface area contributed by atoms with Crippen molar-refractivity contribution >= 4 is 28.4 Å². The molecule has 21 heavy (non-hydrogen) atoms. The topological polar surface area (TPSA) is 43.8 Å². The average Bonchev–Trinajstić information content (AvgIpc) is 2.76. The zero-order chi connectivity index (χ0) is 15.0. The largest absolute Gasteiger partial charge is 0.383 e. The van der Waals surface area contributed by atoms with E-state index in [1.807, 2.05) is 19.2 Å². The second-order valence-electron chi connectivity index (χ2n) is 5.08. The van der Waals surface area contributed by atoms with Crippen molar-refractivity contribution in [3.8, 4) is 22.4 Å². The molecular formula is C17H16IN3. The van der Waals surface area contributed by atoms with Crippen molar-refractivity contribution in [1.29, 1.82) is 0 Å². The summed E-state index contributed by atoms with van der Waals surface area (Å²) in [6.07, 6.45) is 0. The van der Waals surface area contributed by atoms with E-state index in [1.165, 1.54) is 9.13 Å². The Morgan fingerprint density at radius 2 is 1.71 bits per heavy atom. The van der Waals surface area contributed by atoms with Gasteiger partial charge < -0.3 is 5.73 Å². The lowest BCUT2D eigenvalue weighted by molar-refractivity contribution is 0.782. The van der Waals surface area contributed by atoms with E-state index in [9.17, 15) is 0 Å². The van der Waals surface area contributed by atoms with E-state index in [0.29, 0.717) is 5.82 Å². The van der Waals surface area contributed by atoms with Gasteiger partial charge in [-0.3, -0.25) is 4.68 Å². The molecule has 0 aliphatic rings. The molecule has 1 aromatic heterocycles. The first-order valence-electron chi connectivity index (χ1n) is 6.72. The molecule has 3 nitrogen and oxygen atoms in total. The van der Waals surface area contributed by atoms with E-state index in [1.54, 1.807) is 4.68 Å². The summed E-state index contributed by atoms with van der Waals surface area (Å²) in [5.41, 5.74) is 11.6. The van der Waals surface area contributed by atoms with Crippen LogP contribution in [0.25, 0.3) is 22.4 Å². The molecule has 0 amide bonds. The highest BCUT2D eigenvalue weighted by atomic mass is 127. The van der Waals surface area contributed by atoms with Gasteiger partial charge in [0.05, 0.1) is 5.56 Å². The first-order chi connectivity index (χ1) is 10.1. The van der Waals surface area contributed by atoms with Crippen molar-refractivity contribution in [2.45, 2.75) is 6.92 Å². The molecule has 0 aliphatic carbocycles. The fourth-order valence-corrected chi connectivity index (χ4v) is 3.03. The molecule has 4 heteroatoms. The predicted octanol–water partition coefficient (Wildman–Crippen LogP) is 4.25. The maximum absolute atomic E-state index is 6.26. The minimum Gasteiger partial charge on any atom is -0.383 e. The van der Waals surface area contributed by atoms with Crippen LogP contribution in [0.5, 0.6) is 0 Å². The predicted molar refractivity (Wildman–Crippen MR) is 95.9 cm³/mol. The molecular weight excluding hydrogens is 373 g/mol. The molecule has 0 saturated heterocycles. The lowest BCUT2D eigenvalue weighted by Crippen LogP contribution is -1.97. The van der Waals surface area contributed by atoms with Gasteiger partial charge in [0, 0.05) is 16.2 Å². The van der Waals surface area contributed by atoms with Gasteiger partial charge in [-0.25, -0.2) is 0 Å². The Hall–Kier alpha value is -1.82. The molecule has 106 valence electrons. The smallest absolute Gasteiger partial charge is 0.129 e. The number of rotatable bonds is 2. The van der Waals surface area contributed by atoms with Crippen LogP contribution >= 0.6 is 22.6 Å². The van der Waals surface area contributed by atoms with Crippen molar-refractivity contribution in [3.05, 3.63) is 57.7 Å². The second kappa shape index (κ2) is 5.52. The summed E-state index contributed by atoms with van der Waals surface area (Å²) in [5, 5.41) is 4.63. The molecule has 3 aromatic rings. The zero-order valence-corrected chi connectivity index (χ0v) is 14.1. The highest BCUT2D eigenvalue weighted by Crippen LogP contribution is 2.37. The molecule has 0 unspecified atom stereocenters. The van der Waals surface area contributed by atoms with Gasteiger partial charge in [-0.05, 0) is 41.1 Å². The van der Waals surface area contributed by atoms with E-state index in [0.717, 1.165) is 22.4 Å². The summed E-state index contributed by atoms with van der Waals surface area (Å²) >= 11 is 2.34. The van der Waals surface area contributed by atoms with Crippen LogP contribution in [-0.4, -0.2) is 9.78 Å². The number of nitrogen functional groups attached to an aromatic ring is 1. The van der Waals surface area contributed by atoms with Crippen molar-refractivity contribution in [2.24, 2.45) is 7.05 Å². The van der Waals surface area contributed by atoms with Gasteiger partial charge in [0.25, 0.3) is 0 Å². The summed E-state index contributed by atoms with van der Waals surface area (Å²) < 4.78 is 2.91. The van der Waals surface area contributed by atoms with Crippen LogP contribution in [0, 0.1) is 10.5 Å². The van der Waals surface area contributed by atoms with E-state index < -0.39 is 0 Å². The third-order valence-corrected chi connectivity index (χ3v) is 4.50. The van der Waals surface area contributed by atoms with Gasteiger partial charge in [0.2, 0.25) is 0 Å². The third kappa shape index (κ3) is 2.55. The van der Waals surface area contributed by atoms with Gasteiger partial charge in [-0.2, -0.15) is 5.10 Å². The Bertz CT molecular complexity index is 788. The summed E-state index contributed by atoms with van der Waals surface area (Å²) in [7, 11) is 1.88. The summed E-state index contributed by atoms with van der Waals surface area (Å²) in [6.45, 7) is 2.08. The normalized spacial score (nSPS) is 10.8. The van der Waals surface area contributed by atoms with Gasteiger partial charge in [-0.15, -0.1) is 0 Å². The Labute approximate surface area is 137 Å². The minimum absolute atomic E-state index is 0.688. The number of hydrogen-bond donors (Lipinski definition) is 1. The SMILES string of the molecule is Cc1ccc(-c2c(-c3ccccc3I)nn(C)c2N)cc1. The van der Waals surface area contributed by atoms with Crippen LogP contribution in [-0.2, 0) is 7.05 Å². The fourth-order valence-electron chi connectivity index (χ4n) is 2.38. The first kappa shape index (κ1) is 14.1. The molecule has 0 radical (unpaired) electrons. The molecule has 2 aromatic carbocycles. The van der Waals surface area contributed by atoms with Gasteiger partial charge >= 0.3 is 0 Å². The van der Waals surface area contributed by atoms with Gasteiger partial charge in [0.1, 0.15) is 11.5 Å².